The number of hydrogen-bond donors (Lipinski definition) is 1. The first-order valence-electron chi connectivity index (χ1n) is 6.15. The van der Waals surface area contributed by atoms with Crippen molar-refractivity contribution in [3.8, 4) is 0 Å². The summed E-state index contributed by atoms with van der Waals surface area (Å²) in [4.78, 5) is 47.5. The van der Waals surface area contributed by atoms with Gasteiger partial charge >= 0.3 is 5.97 Å². The predicted octanol–water partition coefficient (Wildman–Crippen LogP) is 1.19. The first-order chi connectivity index (χ1) is 9.82. The van der Waals surface area contributed by atoms with E-state index in [1.54, 1.807) is 24.3 Å². The van der Waals surface area contributed by atoms with Crippen LogP contribution in [0.5, 0.6) is 0 Å². The second-order valence-electron chi connectivity index (χ2n) is 4.78. The fraction of sp³-hybridized carbons (Fsp3) is 0.286. The highest BCUT2D eigenvalue weighted by Crippen LogP contribution is 2.36. The third-order valence-electron chi connectivity index (χ3n) is 3.36. The van der Waals surface area contributed by atoms with Crippen LogP contribution in [0.2, 0.25) is 0 Å². The number of nitrogens with zero attached hydrogens (tertiary/aromatic N) is 1. The van der Waals surface area contributed by atoms with Crippen LogP contribution in [0.4, 0.5) is 0 Å². The fourth-order valence-electron chi connectivity index (χ4n) is 2.48. The molecule has 2 rings (SSSR count). The van der Waals surface area contributed by atoms with E-state index >= 15 is 0 Å². The molecule has 110 valence electrons. The van der Waals surface area contributed by atoms with Crippen molar-refractivity contribution in [2.75, 3.05) is 6.54 Å². The van der Waals surface area contributed by atoms with Crippen molar-refractivity contribution in [3.05, 3.63) is 34.3 Å². The Hall–Kier alpha value is -2.02. The average Bonchev–Trinajstić information content (AvgIpc) is 2.64. The van der Waals surface area contributed by atoms with Gasteiger partial charge in [0.25, 0.3) is 5.91 Å². The molecule has 1 aromatic rings. The molecule has 2 atom stereocenters. The lowest BCUT2D eigenvalue weighted by molar-refractivity contribution is -0.146. The second-order valence-corrected chi connectivity index (χ2v) is 5.69. The van der Waals surface area contributed by atoms with Crippen LogP contribution in [0.25, 0.3) is 0 Å². The number of carbonyl (C=O) groups is 4. The standard InChI is InChI=1S/C14H12BrNO5/c1-7(17)11-12(8-2-4-9(15)5-3-8)16(6-10(18)19)14(21)13(11)20/h2-5,11-12H,6H2,1H3,(H,18,19). The number of likely N-dealkylation sites (tertiary alicyclic amines) is 1. The summed E-state index contributed by atoms with van der Waals surface area (Å²) >= 11 is 3.27. The van der Waals surface area contributed by atoms with Crippen LogP contribution in [0.3, 0.4) is 0 Å². The van der Waals surface area contributed by atoms with Crippen molar-refractivity contribution >= 4 is 39.4 Å². The Bertz CT molecular complexity index is 625. The van der Waals surface area contributed by atoms with Gasteiger partial charge in [0.05, 0.1) is 6.04 Å². The maximum absolute atomic E-state index is 12.0. The van der Waals surface area contributed by atoms with Gasteiger partial charge in [0, 0.05) is 4.47 Å². The van der Waals surface area contributed by atoms with Crippen LogP contribution in [-0.2, 0) is 19.2 Å². The SMILES string of the molecule is CC(=O)C1C(=O)C(=O)N(CC(=O)O)C1c1ccc(Br)cc1. The highest BCUT2D eigenvalue weighted by Gasteiger charge is 2.50. The Morgan fingerprint density at radius 3 is 2.29 bits per heavy atom. The molecule has 1 saturated heterocycles. The van der Waals surface area contributed by atoms with Gasteiger partial charge in [-0.15, -0.1) is 0 Å². The van der Waals surface area contributed by atoms with E-state index in [-0.39, 0.29) is 0 Å². The summed E-state index contributed by atoms with van der Waals surface area (Å²) in [5.74, 6) is -4.61. The fourth-order valence-corrected chi connectivity index (χ4v) is 2.74. The van der Waals surface area contributed by atoms with Gasteiger partial charge in [0.1, 0.15) is 18.2 Å². The number of aliphatic carboxylic acids is 1. The van der Waals surface area contributed by atoms with Crippen LogP contribution in [0.1, 0.15) is 18.5 Å². The number of benzene rings is 1. The smallest absolute Gasteiger partial charge is 0.323 e. The molecule has 1 aromatic carbocycles. The summed E-state index contributed by atoms with van der Waals surface area (Å²) in [6.45, 7) is 0.612. The molecule has 7 heteroatoms. The lowest BCUT2D eigenvalue weighted by Gasteiger charge is -2.25. The van der Waals surface area contributed by atoms with Gasteiger partial charge in [-0.2, -0.15) is 0 Å². The summed E-state index contributed by atoms with van der Waals surface area (Å²) in [5, 5.41) is 8.91. The minimum atomic E-state index is -1.23. The predicted molar refractivity (Wildman–Crippen MR) is 75.4 cm³/mol. The van der Waals surface area contributed by atoms with Gasteiger partial charge in [-0.1, -0.05) is 28.1 Å². The zero-order valence-corrected chi connectivity index (χ0v) is 12.7. The molecule has 0 aromatic heterocycles. The molecule has 0 radical (unpaired) electrons. The Kier molecular flexibility index (Phi) is 4.22. The number of carboxylic acids is 1. The van der Waals surface area contributed by atoms with Crippen molar-refractivity contribution < 1.29 is 24.3 Å². The molecule has 1 fully saturated rings. The van der Waals surface area contributed by atoms with Crippen molar-refractivity contribution in [1.29, 1.82) is 0 Å². The van der Waals surface area contributed by atoms with E-state index in [1.165, 1.54) is 6.92 Å². The zero-order valence-electron chi connectivity index (χ0n) is 11.1. The van der Waals surface area contributed by atoms with E-state index in [0.717, 1.165) is 9.37 Å². The number of hydrogen-bond acceptors (Lipinski definition) is 4. The van der Waals surface area contributed by atoms with Crippen LogP contribution in [-0.4, -0.2) is 40.0 Å². The molecular weight excluding hydrogens is 342 g/mol. The Balaban J connectivity index is 2.50. The van der Waals surface area contributed by atoms with Gasteiger partial charge in [0.15, 0.2) is 0 Å². The van der Waals surface area contributed by atoms with E-state index < -0.39 is 41.9 Å². The molecule has 2 unspecified atom stereocenters. The lowest BCUT2D eigenvalue weighted by Crippen LogP contribution is -2.35. The number of halogens is 1. The normalized spacial score (nSPS) is 21.7. The minimum absolute atomic E-state index is 0.450. The summed E-state index contributed by atoms with van der Waals surface area (Å²) in [7, 11) is 0. The summed E-state index contributed by atoms with van der Waals surface area (Å²) < 4.78 is 0.797. The number of Topliss-reactive ketones (excluding diaryl/α,β-unsaturated/α-hetero) is 2. The van der Waals surface area contributed by atoms with E-state index in [4.69, 9.17) is 5.11 Å². The molecular formula is C14H12BrNO5. The van der Waals surface area contributed by atoms with Gasteiger partial charge < -0.3 is 10.0 Å². The number of rotatable bonds is 4. The third kappa shape index (κ3) is 2.87. The molecule has 1 amide bonds. The minimum Gasteiger partial charge on any atom is -0.480 e. The van der Waals surface area contributed by atoms with E-state index in [9.17, 15) is 19.2 Å². The second kappa shape index (κ2) is 5.77. The van der Waals surface area contributed by atoms with E-state index in [1.807, 2.05) is 0 Å². The largest absolute Gasteiger partial charge is 0.480 e. The Labute approximate surface area is 128 Å². The topological polar surface area (TPSA) is 91.8 Å². The summed E-state index contributed by atoms with van der Waals surface area (Å²) in [6.07, 6.45) is 0. The Morgan fingerprint density at radius 1 is 1.24 bits per heavy atom. The van der Waals surface area contributed by atoms with Crippen LogP contribution < -0.4 is 0 Å². The molecule has 1 N–H and O–H groups in total. The van der Waals surface area contributed by atoms with Gasteiger partial charge in [-0.05, 0) is 24.6 Å². The molecule has 6 nitrogen and oxygen atoms in total. The van der Waals surface area contributed by atoms with Gasteiger partial charge in [-0.3, -0.25) is 19.2 Å². The average molecular weight is 354 g/mol. The maximum atomic E-state index is 12.0. The van der Waals surface area contributed by atoms with Crippen LogP contribution in [0, 0.1) is 5.92 Å². The molecule has 1 aliphatic heterocycles. The third-order valence-corrected chi connectivity index (χ3v) is 3.89. The molecule has 21 heavy (non-hydrogen) atoms. The van der Waals surface area contributed by atoms with Gasteiger partial charge in [-0.25, -0.2) is 0 Å². The number of carbonyl (C=O) groups excluding carboxylic acids is 3. The molecule has 0 aliphatic carbocycles. The van der Waals surface area contributed by atoms with Crippen molar-refractivity contribution in [1.82, 2.24) is 4.90 Å². The lowest BCUT2D eigenvalue weighted by atomic mass is 9.90. The van der Waals surface area contributed by atoms with E-state index in [2.05, 4.69) is 15.9 Å². The zero-order chi connectivity index (χ0) is 15.7. The van der Waals surface area contributed by atoms with Crippen molar-refractivity contribution in [3.63, 3.8) is 0 Å². The first-order valence-corrected chi connectivity index (χ1v) is 6.94. The quantitative estimate of drug-likeness (QED) is 0.648. The van der Waals surface area contributed by atoms with Gasteiger partial charge in [0.2, 0.25) is 5.78 Å². The van der Waals surface area contributed by atoms with Crippen molar-refractivity contribution in [2.45, 2.75) is 13.0 Å². The highest BCUT2D eigenvalue weighted by atomic mass is 79.9. The molecule has 0 spiro atoms. The summed E-state index contributed by atoms with van der Waals surface area (Å²) in [5.41, 5.74) is 0.554. The van der Waals surface area contributed by atoms with Crippen LogP contribution in [0.15, 0.2) is 28.7 Å². The molecule has 1 heterocycles. The van der Waals surface area contributed by atoms with Crippen LogP contribution >= 0.6 is 15.9 Å². The molecule has 1 aliphatic rings. The number of ketones is 2. The summed E-state index contributed by atoms with van der Waals surface area (Å²) in [6, 6.07) is 5.86. The monoisotopic (exact) mass is 353 g/mol. The highest BCUT2D eigenvalue weighted by molar-refractivity contribution is 9.10. The molecule has 0 bridgehead atoms. The number of carboxylic acid groups (broad SMARTS) is 1. The first kappa shape index (κ1) is 15.4. The maximum Gasteiger partial charge on any atom is 0.323 e. The number of amides is 1. The molecule has 0 saturated carbocycles. The van der Waals surface area contributed by atoms with E-state index in [0.29, 0.717) is 5.56 Å². The van der Waals surface area contributed by atoms with Crippen molar-refractivity contribution in [2.24, 2.45) is 5.92 Å². The Morgan fingerprint density at radius 2 is 1.81 bits per heavy atom.